The SMILES string of the molecule is COc1ccc([C@@H]2OC(C)=CN(S(=O)(=O)c3ccc(C)cc3)[C@@H]2C)cc1. The third-order valence-electron chi connectivity index (χ3n) is 4.50. The molecule has 5 nitrogen and oxygen atoms in total. The molecule has 6 heteroatoms. The maximum Gasteiger partial charge on any atom is 0.264 e. The van der Waals surface area contributed by atoms with Crippen molar-refractivity contribution in [3.05, 3.63) is 71.6 Å². The number of ether oxygens (including phenoxy) is 2. The topological polar surface area (TPSA) is 55.8 Å². The second-order valence-electron chi connectivity index (χ2n) is 6.44. The lowest BCUT2D eigenvalue weighted by molar-refractivity contribution is 0.0454. The van der Waals surface area contributed by atoms with Gasteiger partial charge in [0.15, 0.2) is 0 Å². The molecule has 2 aromatic carbocycles. The molecule has 0 bridgehead atoms. The van der Waals surface area contributed by atoms with Crippen LogP contribution in [0.3, 0.4) is 0 Å². The van der Waals surface area contributed by atoms with Crippen molar-refractivity contribution in [2.75, 3.05) is 7.11 Å². The van der Waals surface area contributed by atoms with Crippen molar-refractivity contribution in [1.29, 1.82) is 0 Å². The summed E-state index contributed by atoms with van der Waals surface area (Å²) in [5, 5.41) is 0. The first-order valence-corrected chi connectivity index (χ1v) is 9.86. The summed E-state index contributed by atoms with van der Waals surface area (Å²) in [5.74, 6) is 1.30. The number of benzene rings is 2. The van der Waals surface area contributed by atoms with E-state index in [1.165, 1.54) is 4.31 Å². The highest BCUT2D eigenvalue weighted by Gasteiger charge is 2.36. The molecule has 2 aromatic rings. The molecule has 0 saturated heterocycles. The first kappa shape index (κ1) is 18.3. The standard InChI is InChI=1S/C20H23NO4S/c1-14-5-11-19(12-6-14)26(22,23)21-13-15(2)25-20(16(21)3)17-7-9-18(24-4)10-8-17/h5-13,16,20H,1-4H3/t16-,20-/m1/s1. The Balaban J connectivity index is 1.96. The molecule has 138 valence electrons. The molecule has 1 aliphatic rings. The molecule has 0 fully saturated rings. The van der Waals surface area contributed by atoms with Crippen molar-refractivity contribution in [2.24, 2.45) is 0 Å². The number of hydrogen-bond donors (Lipinski definition) is 0. The molecule has 0 saturated carbocycles. The van der Waals surface area contributed by atoms with Crippen LogP contribution in [0.1, 0.15) is 31.1 Å². The van der Waals surface area contributed by atoms with E-state index < -0.39 is 22.2 Å². The highest BCUT2D eigenvalue weighted by molar-refractivity contribution is 7.89. The summed E-state index contributed by atoms with van der Waals surface area (Å²) in [5.41, 5.74) is 1.91. The Morgan fingerprint density at radius 2 is 1.62 bits per heavy atom. The molecule has 2 atom stereocenters. The van der Waals surface area contributed by atoms with Crippen LogP contribution in [0.5, 0.6) is 5.75 Å². The average molecular weight is 373 g/mol. The largest absolute Gasteiger partial charge is 0.497 e. The molecule has 0 aromatic heterocycles. The van der Waals surface area contributed by atoms with Gasteiger partial charge in [-0.05, 0) is 50.6 Å². The zero-order valence-electron chi connectivity index (χ0n) is 15.3. The second-order valence-corrected chi connectivity index (χ2v) is 8.28. The first-order chi connectivity index (χ1) is 12.3. The van der Waals surface area contributed by atoms with Crippen LogP contribution in [-0.2, 0) is 14.8 Å². The van der Waals surface area contributed by atoms with Crippen LogP contribution >= 0.6 is 0 Å². The summed E-state index contributed by atoms with van der Waals surface area (Å²) in [6.07, 6.45) is 1.16. The van der Waals surface area contributed by atoms with E-state index in [0.717, 1.165) is 16.9 Å². The molecule has 0 spiro atoms. The maximum absolute atomic E-state index is 13.1. The lowest BCUT2D eigenvalue weighted by Gasteiger charge is -2.38. The van der Waals surface area contributed by atoms with E-state index in [9.17, 15) is 8.42 Å². The first-order valence-electron chi connectivity index (χ1n) is 8.42. The Bertz CT molecular complexity index is 902. The highest BCUT2D eigenvalue weighted by atomic mass is 32.2. The summed E-state index contributed by atoms with van der Waals surface area (Å²) in [6.45, 7) is 5.54. The number of hydrogen-bond acceptors (Lipinski definition) is 4. The number of nitrogens with zero attached hydrogens (tertiary/aromatic N) is 1. The van der Waals surface area contributed by atoms with Crippen molar-refractivity contribution in [1.82, 2.24) is 4.31 Å². The minimum absolute atomic E-state index is 0.273. The maximum atomic E-state index is 13.1. The Hall–Kier alpha value is -2.47. The molecule has 3 rings (SSSR count). The molecule has 0 unspecified atom stereocenters. The van der Waals surface area contributed by atoms with Gasteiger partial charge in [-0.25, -0.2) is 8.42 Å². The van der Waals surface area contributed by atoms with Gasteiger partial charge in [0.2, 0.25) is 0 Å². The average Bonchev–Trinajstić information content (AvgIpc) is 2.63. The zero-order chi connectivity index (χ0) is 18.9. The fourth-order valence-corrected chi connectivity index (χ4v) is 4.58. The van der Waals surface area contributed by atoms with Crippen molar-refractivity contribution >= 4 is 10.0 Å². The van der Waals surface area contributed by atoms with Crippen molar-refractivity contribution in [3.8, 4) is 5.75 Å². The van der Waals surface area contributed by atoms with Gasteiger partial charge in [-0.1, -0.05) is 29.8 Å². The van der Waals surface area contributed by atoms with Crippen molar-refractivity contribution < 1.29 is 17.9 Å². The van der Waals surface area contributed by atoms with Crippen LogP contribution in [0.15, 0.2) is 65.4 Å². The van der Waals surface area contributed by atoms with Gasteiger partial charge < -0.3 is 9.47 Å². The fraction of sp³-hybridized carbons (Fsp3) is 0.300. The van der Waals surface area contributed by atoms with E-state index in [1.54, 1.807) is 44.5 Å². The molecule has 1 heterocycles. The van der Waals surface area contributed by atoms with Crippen LogP contribution in [-0.4, -0.2) is 25.9 Å². The molecule has 0 N–H and O–H groups in total. The third kappa shape index (κ3) is 3.42. The normalized spacial score (nSPS) is 20.3. The van der Waals surface area contributed by atoms with Gasteiger partial charge in [-0.3, -0.25) is 4.31 Å². The Morgan fingerprint density at radius 1 is 1.00 bits per heavy atom. The van der Waals surface area contributed by atoms with Crippen molar-refractivity contribution in [3.63, 3.8) is 0 Å². The summed E-state index contributed by atoms with van der Waals surface area (Å²) in [6, 6.07) is 14.0. The van der Waals surface area contributed by atoms with Crippen molar-refractivity contribution in [2.45, 2.75) is 37.8 Å². The predicted octanol–water partition coefficient (Wildman–Crippen LogP) is 4.02. The van der Waals surface area contributed by atoms with Gasteiger partial charge in [0, 0.05) is 0 Å². The molecule has 1 aliphatic heterocycles. The van der Waals surface area contributed by atoms with Gasteiger partial charge >= 0.3 is 0 Å². The number of aryl methyl sites for hydroxylation is 1. The van der Waals surface area contributed by atoms with E-state index in [1.807, 2.05) is 38.1 Å². The Morgan fingerprint density at radius 3 is 2.19 bits per heavy atom. The fourth-order valence-electron chi connectivity index (χ4n) is 3.02. The molecule has 26 heavy (non-hydrogen) atoms. The van der Waals surface area contributed by atoms with E-state index in [4.69, 9.17) is 9.47 Å². The Labute approximate surface area is 154 Å². The van der Waals surface area contributed by atoms with Gasteiger partial charge in [-0.15, -0.1) is 0 Å². The van der Waals surface area contributed by atoms with E-state index in [2.05, 4.69) is 0 Å². The Kier molecular flexibility index (Phi) is 4.96. The summed E-state index contributed by atoms with van der Waals surface area (Å²) >= 11 is 0. The van der Waals surface area contributed by atoms with Gasteiger partial charge in [0.05, 0.1) is 24.2 Å². The highest BCUT2D eigenvalue weighted by Crippen LogP contribution is 2.35. The molecule has 0 amide bonds. The number of allylic oxidation sites excluding steroid dienone is 1. The van der Waals surface area contributed by atoms with Crippen LogP contribution in [0.2, 0.25) is 0 Å². The predicted molar refractivity (Wildman–Crippen MR) is 100 cm³/mol. The zero-order valence-corrected chi connectivity index (χ0v) is 16.2. The molecule has 0 radical (unpaired) electrons. The van der Waals surface area contributed by atoms with Gasteiger partial charge in [-0.2, -0.15) is 0 Å². The second kappa shape index (κ2) is 7.03. The van der Waals surface area contributed by atoms with Crippen LogP contribution in [0, 0.1) is 6.92 Å². The number of rotatable bonds is 4. The lowest BCUT2D eigenvalue weighted by atomic mass is 10.0. The monoisotopic (exact) mass is 373 g/mol. The molecule has 0 aliphatic carbocycles. The van der Waals surface area contributed by atoms with Crippen LogP contribution in [0.4, 0.5) is 0 Å². The number of methoxy groups -OCH3 is 1. The molecular formula is C20H23NO4S. The quantitative estimate of drug-likeness (QED) is 0.812. The summed E-state index contributed by atoms with van der Waals surface area (Å²) in [4.78, 5) is 0.273. The third-order valence-corrected chi connectivity index (χ3v) is 6.36. The minimum atomic E-state index is -3.66. The van der Waals surface area contributed by atoms with E-state index >= 15 is 0 Å². The smallest absolute Gasteiger partial charge is 0.264 e. The van der Waals surface area contributed by atoms with Crippen LogP contribution in [0.25, 0.3) is 0 Å². The van der Waals surface area contributed by atoms with Crippen LogP contribution < -0.4 is 4.74 Å². The molecular weight excluding hydrogens is 350 g/mol. The van der Waals surface area contributed by atoms with Gasteiger partial charge in [0.25, 0.3) is 10.0 Å². The lowest BCUT2D eigenvalue weighted by Crippen LogP contribution is -2.42. The summed E-state index contributed by atoms with van der Waals surface area (Å²) < 4.78 is 38.8. The summed E-state index contributed by atoms with van der Waals surface area (Å²) in [7, 11) is -2.05. The van der Waals surface area contributed by atoms with Gasteiger partial charge in [0.1, 0.15) is 17.6 Å². The minimum Gasteiger partial charge on any atom is -0.497 e. The number of sulfonamides is 1. The van der Waals surface area contributed by atoms with E-state index in [0.29, 0.717) is 5.76 Å². The van der Waals surface area contributed by atoms with E-state index in [-0.39, 0.29) is 4.90 Å².